The summed E-state index contributed by atoms with van der Waals surface area (Å²) < 4.78 is 5.38. The molecule has 0 atom stereocenters. The zero-order valence-corrected chi connectivity index (χ0v) is 18.6. The maximum atomic E-state index is 13.1. The number of anilines is 2. The molecule has 166 valence electrons. The van der Waals surface area contributed by atoms with Gasteiger partial charge in [-0.3, -0.25) is 9.69 Å². The molecule has 0 bridgehead atoms. The summed E-state index contributed by atoms with van der Waals surface area (Å²) in [5, 5.41) is 3.03. The highest BCUT2D eigenvalue weighted by Crippen LogP contribution is 2.27. The van der Waals surface area contributed by atoms with Gasteiger partial charge in [-0.05, 0) is 19.1 Å². The van der Waals surface area contributed by atoms with E-state index in [1.165, 1.54) is 5.56 Å². The molecular weight excluding hydrogens is 402 g/mol. The van der Waals surface area contributed by atoms with E-state index in [0.29, 0.717) is 23.8 Å². The largest absolute Gasteiger partial charge is 0.379 e. The van der Waals surface area contributed by atoms with Crippen LogP contribution < -0.4 is 10.2 Å². The molecule has 7 nitrogen and oxygen atoms in total. The summed E-state index contributed by atoms with van der Waals surface area (Å²) >= 11 is 0. The van der Waals surface area contributed by atoms with Crippen LogP contribution in [0.3, 0.4) is 0 Å². The average Bonchev–Trinajstić information content (AvgIpc) is 2.85. The fourth-order valence-corrected chi connectivity index (χ4v) is 3.65. The van der Waals surface area contributed by atoms with Crippen molar-refractivity contribution in [1.29, 1.82) is 0 Å². The van der Waals surface area contributed by atoms with Crippen molar-refractivity contribution < 1.29 is 9.53 Å². The lowest BCUT2D eigenvalue weighted by Crippen LogP contribution is -2.41. The molecule has 0 radical (unpaired) electrons. The van der Waals surface area contributed by atoms with E-state index in [0.717, 1.165) is 44.1 Å². The normalized spacial score (nSPS) is 14.2. The Hall–Kier alpha value is -3.29. The first kappa shape index (κ1) is 21.9. The van der Waals surface area contributed by atoms with Crippen LogP contribution in [0.2, 0.25) is 0 Å². The third kappa shape index (κ3) is 5.30. The van der Waals surface area contributed by atoms with Gasteiger partial charge in [0.05, 0.1) is 13.2 Å². The highest BCUT2D eigenvalue weighted by atomic mass is 16.5. The number of hydrogen-bond acceptors (Lipinski definition) is 6. The molecule has 1 aliphatic heterocycles. The number of aromatic nitrogens is 2. The van der Waals surface area contributed by atoms with Crippen molar-refractivity contribution in [2.24, 2.45) is 0 Å². The Kier molecular flexibility index (Phi) is 7.09. The lowest BCUT2D eigenvalue weighted by molar-refractivity contribution is 0.0383. The molecule has 0 saturated carbocycles. The monoisotopic (exact) mass is 431 g/mol. The Balaban J connectivity index is 1.58. The van der Waals surface area contributed by atoms with Crippen LogP contribution in [0, 0.1) is 6.92 Å². The Labute approximate surface area is 189 Å². The van der Waals surface area contributed by atoms with Gasteiger partial charge in [-0.1, -0.05) is 48.0 Å². The van der Waals surface area contributed by atoms with Gasteiger partial charge in [-0.25, -0.2) is 9.97 Å². The zero-order valence-electron chi connectivity index (χ0n) is 18.6. The predicted molar refractivity (Wildman–Crippen MR) is 126 cm³/mol. The second kappa shape index (κ2) is 10.3. The van der Waals surface area contributed by atoms with Crippen molar-refractivity contribution in [2.75, 3.05) is 51.3 Å². The molecule has 4 rings (SSSR count). The third-order valence-corrected chi connectivity index (χ3v) is 5.60. The summed E-state index contributed by atoms with van der Waals surface area (Å²) in [6.07, 6.45) is 1.62. The van der Waals surface area contributed by atoms with E-state index in [9.17, 15) is 4.79 Å². The first-order chi connectivity index (χ1) is 15.6. The van der Waals surface area contributed by atoms with E-state index in [4.69, 9.17) is 9.72 Å². The zero-order chi connectivity index (χ0) is 22.3. The molecule has 1 saturated heterocycles. The van der Waals surface area contributed by atoms with E-state index in [1.807, 2.05) is 66.5 Å². The van der Waals surface area contributed by atoms with Crippen molar-refractivity contribution in [3.05, 3.63) is 71.9 Å². The SMILES string of the molecule is Cc1ccc(N(C)c2nc(-c3ccccc3)ncc2C(=O)NCCN2CCOCC2)cc1. The van der Waals surface area contributed by atoms with Crippen LogP contribution in [0.15, 0.2) is 60.8 Å². The summed E-state index contributed by atoms with van der Waals surface area (Å²) in [7, 11) is 1.92. The molecule has 1 aromatic heterocycles. The Morgan fingerprint density at radius 1 is 1.09 bits per heavy atom. The number of amides is 1. The Morgan fingerprint density at radius 2 is 1.81 bits per heavy atom. The molecule has 1 fully saturated rings. The van der Waals surface area contributed by atoms with Crippen molar-refractivity contribution in [3.8, 4) is 11.4 Å². The number of nitrogens with zero attached hydrogens (tertiary/aromatic N) is 4. The predicted octanol–water partition coefficient (Wildman–Crippen LogP) is 3.28. The topological polar surface area (TPSA) is 70.6 Å². The summed E-state index contributed by atoms with van der Waals surface area (Å²) in [4.78, 5) is 26.6. The second-order valence-corrected chi connectivity index (χ2v) is 7.90. The molecule has 1 aliphatic rings. The lowest BCUT2D eigenvalue weighted by atomic mass is 10.2. The van der Waals surface area contributed by atoms with E-state index in [-0.39, 0.29) is 5.91 Å². The van der Waals surface area contributed by atoms with Gasteiger partial charge in [0.25, 0.3) is 5.91 Å². The molecular formula is C25H29N5O2. The summed E-state index contributed by atoms with van der Waals surface area (Å²) in [5.74, 6) is 0.989. The minimum Gasteiger partial charge on any atom is -0.379 e. The van der Waals surface area contributed by atoms with E-state index in [2.05, 4.69) is 22.1 Å². The van der Waals surface area contributed by atoms with Gasteiger partial charge in [0.1, 0.15) is 11.4 Å². The van der Waals surface area contributed by atoms with Crippen molar-refractivity contribution in [2.45, 2.75) is 6.92 Å². The van der Waals surface area contributed by atoms with Crippen molar-refractivity contribution >= 4 is 17.4 Å². The first-order valence-electron chi connectivity index (χ1n) is 10.9. The van der Waals surface area contributed by atoms with Gasteiger partial charge in [-0.2, -0.15) is 0 Å². The lowest BCUT2D eigenvalue weighted by Gasteiger charge is -2.26. The molecule has 1 N–H and O–H groups in total. The van der Waals surface area contributed by atoms with E-state index in [1.54, 1.807) is 6.20 Å². The van der Waals surface area contributed by atoms with Crippen LogP contribution in [-0.2, 0) is 4.74 Å². The molecule has 0 aliphatic carbocycles. The Bertz CT molecular complexity index is 1030. The maximum absolute atomic E-state index is 13.1. The molecule has 0 spiro atoms. The number of carbonyl (C=O) groups excluding carboxylic acids is 1. The number of nitrogens with one attached hydrogen (secondary N) is 1. The number of morpholine rings is 1. The standard InChI is InChI=1S/C25H29N5O2/c1-19-8-10-21(11-9-19)29(2)24-22(18-27-23(28-24)20-6-4-3-5-7-20)25(31)26-12-13-30-14-16-32-17-15-30/h3-11,18H,12-17H2,1-2H3,(H,26,31). The summed E-state index contributed by atoms with van der Waals surface area (Å²) in [5.41, 5.74) is 3.49. The molecule has 2 heterocycles. The van der Waals surface area contributed by atoms with Gasteiger partial charge in [0.15, 0.2) is 5.82 Å². The highest BCUT2D eigenvalue weighted by molar-refractivity contribution is 5.99. The summed E-state index contributed by atoms with van der Waals surface area (Å²) in [6.45, 7) is 6.68. The fourth-order valence-electron chi connectivity index (χ4n) is 3.65. The second-order valence-electron chi connectivity index (χ2n) is 7.90. The van der Waals surface area contributed by atoms with Gasteiger partial charge in [-0.15, -0.1) is 0 Å². The van der Waals surface area contributed by atoms with Crippen molar-refractivity contribution in [1.82, 2.24) is 20.2 Å². The van der Waals surface area contributed by atoms with Crippen LogP contribution in [0.1, 0.15) is 15.9 Å². The minimum atomic E-state index is -0.174. The number of aryl methyl sites for hydroxylation is 1. The van der Waals surface area contributed by atoms with Crippen LogP contribution >= 0.6 is 0 Å². The number of benzene rings is 2. The average molecular weight is 432 g/mol. The highest BCUT2D eigenvalue weighted by Gasteiger charge is 2.20. The molecule has 2 aromatic carbocycles. The molecule has 32 heavy (non-hydrogen) atoms. The fraction of sp³-hybridized carbons (Fsp3) is 0.320. The number of carbonyl (C=O) groups is 1. The van der Waals surface area contributed by atoms with Crippen molar-refractivity contribution in [3.63, 3.8) is 0 Å². The third-order valence-electron chi connectivity index (χ3n) is 5.60. The van der Waals surface area contributed by atoms with Gasteiger partial charge in [0.2, 0.25) is 0 Å². The van der Waals surface area contributed by atoms with Gasteiger partial charge in [0, 0.05) is 50.7 Å². The molecule has 0 unspecified atom stereocenters. The summed E-state index contributed by atoms with van der Waals surface area (Å²) in [6, 6.07) is 17.9. The van der Waals surface area contributed by atoms with Crippen LogP contribution in [0.5, 0.6) is 0 Å². The number of hydrogen-bond donors (Lipinski definition) is 1. The molecule has 3 aromatic rings. The van der Waals surface area contributed by atoms with E-state index < -0.39 is 0 Å². The smallest absolute Gasteiger partial charge is 0.256 e. The first-order valence-corrected chi connectivity index (χ1v) is 10.9. The van der Waals surface area contributed by atoms with Crippen LogP contribution in [0.4, 0.5) is 11.5 Å². The maximum Gasteiger partial charge on any atom is 0.256 e. The Morgan fingerprint density at radius 3 is 2.53 bits per heavy atom. The molecule has 1 amide bonds. The number of ether oxygens (including phenoxy) is 1. The van der Waals surface area contributed by atoms with Gasteiger partial charge >= 0.3 is 0 Å². The minimum absolute atomic E-state index is 0.174. The van der Waals surface area contributed by atoms with Crippen LogP contribution in [-0.4, -0.2) is 67.2 Å². The number of rotatable bonds is 7. The van der Waals surface area contributed by atoms with Gasteiger partial charge < -0.3 is 15.0 Å². The quantitative estimate of drug-likeness (QED) is 0.619. The van der Waals surface area contributed by atoms with E-state index >= 15 is 0 Å². The molecule has 7 heteroatoms. The van der Waals surface area contributed by atoms with Crippen LogP contribution in [0.25, 0.3) is 11.4 Å².